The minimum atomic E-state index is -0.521. The quantitative estimate of drug-likeness (QED) is 0.539. The van der Waals surface area contributed by atoms with Crippen molar-refractivity contribution < 1.29 is 14.4 Å². The van der Waals surface area contributed by atoms with Crippen LogP contribution in [0.1, 0.15) is 84.5 Å². The van der Waals surface area contributed by atoms with Gasteiger partial charge >= 0.3 is 0 Å². The van der Waals surface area contributed by atoms with E-state index in [0.717, 1.165) is 49.1 Å². The first-order valence-electron chi connectivity index (χ1n) is 12.7. The van der Waals surface area contributed by atoms with Crippen molar-refractivity contribution in [3.63, 3.8) is 0 Å². The van der Waals surface area contributed by atoms with Crippen LogP contribution in [-0.4, -0.2) is 53.2 Å². The molecule has 3 atom stereocenters. The van der Waals surface area contributed by atoms with Crippen LogP contribution in [0.5, 0.6) is 0 Å². The summed E-state index contributed by atoms with van der Waals surface area (Å²) < 4.78 is 0. The number of hydrogen-bond donors (Lipinski definition) is 2. The molecule has 1 saturated heterocycles. The third kappa shape index (κ3) is 5.81. The number of nitrogens with zero attached hydrogens (tertiary/aromatic N) is 2. The number of amides is 2. The number of aryl methyl sites for hydroxylation is 1. The number of ketones is 1. The zero-order valence-electron chi connectivity index (χ0n) is 20.9. The summed E-state index contributed by atoms with van der Waals surface area (Å²) >= 11 is 1.44. The Morgan fingerprint density at radius 2 is 1.89 bits per heavy atom. The molecule has 0 spiro atoms. The number of thiazole rings is 1. The summed E-state index contributed by atoms with van der Waals surface area (Å²) in [5, 5.41) is 8.64. The Labute approximate surface area is 211 Å². The first kappa shape index (κ1) is 25.5. The molecule has 2 N–H and O–H groups in total. The Balaban J connectivity index is 1.53. The summed E-state index contributed by atoms with van der Waals surface area (Å²) in [6, 6.07) is 6.48. The summed E-state index contributed by atoms with van der Waals surface area (Å²) in [5.74, 6) is -0.106. The largest absolute Gasteiger partial charge is 0.343 e. The van der Waals surface area contributed by atoms with Gasteiger partial charge in [0.25, 0.3) is 0 Å². The van der Waals surface area contributed by atoms with Crippen LogP contribution in [0.4, 0.5) is 0 Å². The molecular formula is C27H36N4O3S. The lowest BCUT2D eigenvalue weighted by atomic mass is 9.83. The van der Waals surface area contributed by atoms with Gasteiger partial charge in [-0.05, 0) is 58.6 Å². The zero-order valence-corrected chi connectivity index (χ0v) is 21.7. The lowest BCUT2D eigenvalue weighted by molar-refractivity contribution is -0.139. The van der Waals surface area contributed by atoms with Crippen molar-refractivity contribution in [3.8, 4) is 0 Å². The molecule has 2 heterocycles. The molecule has 7 nitrogen and oxygen atoms in total. The third-order valence-electron chi connectivity index (χ3n) is 7.37. The van der Waals surface area contributed by atoms with Gasteiger partial charge in [0.1, 0.15) is 16.7 Å². The minimum absolute atomic E-state index is 0.0159. The van der Waals surface area contributed by atoms with E-state index in [1.54, 1.807) is 19.4 Å². The van der Waals surface area contributed by atoms with Gasteiger partial charge in [0.2, 0.25) is 17.6 Å². The number of carbonyl (C=O) groups excluding carboxylic acids is 3. The van der Waals surface area contributed by atoms with Crippen LogP contribution in [0, 0.1) is 12.8 Å². The van der Waals surface area contributed by atoms with Crippen molar-refractivity contribution in [3.05, 3.63) is 51.5 Å². The Kier molecular flexibility index (Phi) is 8.34. The molecule has 0 bridgehead atoms. The van der Waals surface area contributed by atoms with E-state index in [9.17, 15) is 14.4 Å². The molecule has 0 unspecified atom stereocenters. The van der Waals surface area contributed by atoms with Gasteiger partial charge in [0.15, 0.2) is 0 Å². The van der Waals surface area contributed by atoms with Crippen LogP contribution in [0.25, 0.3) is 0 Å². The van der Waals surface area contributed by atoms with E-state index in [0.29, 0.717) is 17.8 Å². The minimum Gasteiger partial charge on any atom is -0.343 e. The third-order valence-corrected chi connectivity index (χ3v) is 8.31. The summed E-state index contributed by atoms with van der Waals surface area (Å²) in [5.41, 5.74) is 2.08. The molecule has 188 valence electrons. The highest BCUT2D eigenvalue weighted by Gasteiger charge is 2.40. The fourth-order valence-corrected chi connectivity index (χ4v) is 6.15. The van der Waals surface area contributed by atoms with Crippen LogP contribution in [0.15, 0.2) is 29.6 Å². The molecule has 2 aliphatic rings. The molecular weight excluding hydrogens is 460 g/mol. The standard InChI is InChI=1S/C27H36N4O3S/c1-17-9-7-12-20(15-17)24(32)21-16-35-26(29-21)22-13-8-14-31(22)27(34)23(19-10-5-4-6-11-19)30-25(33)18(2)28-3/h7,9,12,15-16,18-19,22-23,28H,4-6,8,10-11,13-14H2,1-3H3,(H,30,33)/t18-,22-,23-/m1/s1. The molecule has 35 heavy (non-hydrogen) atoms. The lowest BCUT2D eigenvalue weighted by Crippen LogP contribution is -2.55. The van der Waals surface area contributed by atoms with Crippen LogP contribution in [-0.2, 0) is 9.59 Å². The number of likely N-dealkylation sites (N-methyl/N-ethyl adjacent to an activating group) is 1. The maximum absolute atomic E-state index is 13.9. The van der Waals surface area contributed by atoms with Gasteiger partial charge < -0.3 is 15.5 Å². The van der Waals surface area contributed by atoms with Gasteiger partial charge in [0.05, 0.1) is 12.1 Å². The zero-order chi connectivity index (χ0) is 24.9. The molecule has 8 heteroatoms. The second-order valence-electron chi connectivity index (χ2n) is 9.85. The highest BCUT2D eigenvalue weighted by molar-refractivity contribution is 7.10. The Bertz CT molecular complexity index is 1060. The number of benzene rings is 1. The number of nitrogens with one attached hydrogen (secondary N) is 2. The maximum Gasteiger partial charge on any atom is 0.246 e. The SMILES string of the molecule is CN[C@H](C)C(=O)N[C@@H](C(=O)N1CCC[C@@H]1c1nc(C(=O)c2cccc(C)c2)cs1)C1CCCCC1. The lowest BCUT2D eigenvalue weighted by Gasteiger charge is -2.35. The van der Waals surface area contributed by atoms with Crippen LogP contribution >= 0.6 is 11.3 Å². The Morgan fingerprint density at radius 3 is 2.60 bits per heavy atom. The van der Waals surface area contributed by atoms with Gasteiger partial charge in [0, 0.05) is 17.5 Å². The predicted molar refractivity (Wildman–Crippen MR) is 137 cm³/mol. The fraction of sp³-hybridized carbons (Fsp3) is 0.556. The normalized spacial score (nSPS) is 20.4. The molecule has 0 radical (unpaired) electrons. The number of rotatable bonds is 8. The van der Waals surface area contributed by atoms with Crippen molar-refractivity contribution in [2.45, 2.75) is 76.9 Å². The van der Waals surface area contributed by atoms with Gasteiger partial charge in [-0.15, -0.1) is 11.3 Å². The van der Waals surface area contributed by atoms with Gasteiger partial charge in [-0.2, -0.15) is 0 Å². The van der Waals surface area contributed by atoms with E-state index < -0.39 is 6.04 Å². The maximum atomic E-state index is 13.9. The molecule has 1 aliphatic carbocycles. The van der Waals surface area contributed by atoms with Gasteiger partial charge in [-0.3, -0.25) is 14.4 Å². The van der Waals surface area contributed by atoms with Crippen molar-refractivity contribution in [2.75, 3.05) is 13.6 Å². The monoisotopic (exact) mass is 496 g/mol. The summed E-state index contributed by atoms with van der Waals surface area (Å²) in [7, 11) is 1.75. The highest BCUT2D eigenvalue weighted by Crippen LogP contribution is 2.36. The van der Waals surface area contributed by atoms with E-state index >= 15 is 0 Å². The van der Waals surface area contributed by atoms with Crippen LogP contribution in [0.2, 0.25) is 0 Å². The second-order valence-corrected chi connectivity index (χ2v) is 10.7. The van der Waals surface area contributed by atoms with E-state index in [-0.39, 0.29) is 35.6 Å². The highest BCUT2D eigenvalue weighted by atomic mass is 32.1. The summed E-state index contributed by atoms with van der Waals surface area (Å²) in [4.78, 5) is 46.2. The van der Waals surface area contributed by atoms with Crippen molar-refractivity contribution >= 4 is 28.9 Å². The number of aromatic nitrogens is 1. The molecule has 2 fully saturated rings. The van der Waals surface area contributed by atoms with E-state index in [1.807, 2.05) is 36.1 Å². The van der Waals surface area contributed by atoms with E-state index in [1.165, 1.54) is 17.8 Å². The smallest absolute Gasteiger partial charge is 0.246 e. The molecule has 1 aliphatic heterocycles. The number of carbonyl (C=O) groups is 3. The molecule has 1 aromatic heterocycles. The summed E-state index contributed by atoms with van der Waals surface area (Å²) in [6.07, 6.45) is 6.97. The second kappa shape index (κ2) is 11.4. The topological polar surface area (TPSA) is 91.4 Å². The first-order chi connectivity index (χ1) is 16.9. The van der Waals surface area contributed by atoms with E-state index in [2.05, 4.69) is 15.6 Å². The average Bonchev–Trinajstić information content (AvgIpc) is 3.56. The van der Waals surface area contributed by atoms with Crippen molar-refractivity contribution in [2.24, 2.45) is 5.92 Å². The van der Waals surface area contributed by atoms with Gasteiger partial charge in [-0.1, -0.05) is 43.0 Å². The molecule has 1 aromatic carbocycles. The van der Waals surface area contributed by atoms with Crippen LogP contribution in [0.3, 0.4) is 0 Å². The van der Waals surface area contributed by atoms with Crippen LogP contribution < -0.4 is 10.6 Å². The average molecular weight is 497 g/mol. The number of likely N-dealkylation sites (tertiary alicyclic amines) is 1. The Hall–Kier alpha value is -2.58. The molecule has 2 aromatic rings. The molecule has 2 amide bonds. The number of hydrogen-bond acceptors (Lipinski definition) is 6. The van der Waals surface area contributed by atoms with E-state index in [4.69, 9.17) is 0 Å². The fourth-order valence-electron chi connectivity index (χ4n) is 5.20. The first-order valence-corrected chi connectivity index (χ1v) is 13.6. The molecule has 1 saturated carbocycles. The predicted octanol–water partition coefficient (Wildman–Crippen LogP) is 4.02. The summed E-state index contributed by atoms with van der Waals surface area (Å²) in [6.45, 7) is 4.41. The van der Waals surface area contributed by atoms with Crippen molar-refractivity contribution in [1.29, 1.82) is 0 Å². The molecule has 4 rings (SSSR count). The Morgan fingerprint density at radius 1 is 1.11 bits per heavy atom. The van der Waals surface area contributed by atoms with Gasteiger partial charge in [-0.25, -0.2) is 4.98 Å². The van der Waals surface area contributed by atoms with Crippen molar-refractivity contribution in [1.82, 2.24) is 20.5 Å².